The summed E-state index contributed by atoms with van der Waals surface area (Å²) in [5.74, 6) is -0.169. The fourth-order valence-electron chi connectivity index (χ4n) is 2.00. The Balaban J connectivity index is 2.13. The third-order valence-corrected chi connectivity index (χ3v) is 4.17. The van der Waals surface area contributed by atoms with E-state index < -0.39 is 0 Å². The van der Waals surface area contributed by atoms with Crippen LogP contribution in [-0.2, 0) is 11.3 Å². The molecule has 0 atom stereocenters. The van der Waals surface area contributed by atoms with E-state index in [-0.39, 0.29) is 5.82 Å². The van der Waals surface area contributed by atoms with Gasteiger partial charge in [0, 0.05) is 35.6 Å². The largest absolute Gasteiger partial charge is 0.383 e. The Bertz CT molecular complexity index is 589. The van der Waals surface area contributed by atoms with Gasteiger partial charge in [-0.1, -0.05) is 35.5 Å². The highest BCUT2D eigenvalue weighted by molar-refractivity contribution is 7.99. The summed E-state index contributed by atoms with van der Waals surface area (Å²) < 4.78 is 19.0. The van der Waals surface area contributed by atoms with Crippen molar-refractivity contribution in [2.75, 3.05) is 20.3 Å². The van der Waals surface area contributed by atoms with Crippen molar-refractivity contribution in [3.05, 3.63) is 59.4 Å². The molecule has 21 heavy (non-hydrogen) atoms. The molecule has 2 rings (SSSR count). The van der Waals surface area contributed by atoms with Crippen LogP contribution in [0.1, 0.15) is 11.1 Å². The molecule has 2 aromatic rings. The molecule has 0 aromatic heterocycles. The van der Waals surface area contributed by atoms with Crippen LogP contribution < -0.4 is 5.32 Å². The Labute approximate surface area is 129 Å². The number of nitrogens with one attached hydrogen (secondary N) is 1. The molecule has 0 aliphatic heterocycles. The van der Waals surface area contributed by atoms with Gasteiger partial charge in [0.1, 0.15) is 5.82 Å². The van der Waals surface area contributed by atoms with Gasteiger partial charge in [0.15, 0.2) is 0 Å². The highest BCUT2D eigenvalue weighted by atomic mass is 32.2. The molecule has 0 heterocycles. The molecule has 0 amide bonds. The zero-order valence-electron chi connectivity index (χ0n) is 12.4. The van der Waals surface area contributed by atoms with Gasteiger partial charge < -0.3 is 10.1 Å². The van der Waals surface area contributed by atoms with Crippen LogP contribution in [0.5, 0.6) is 0 Å². The molecule has 0 saturated heterocycles. The first-order valence-electron chi connectivity index (χ1n) is 6.92. The van der Waals surface area contributed by atoms with E-state index in [1.165, 1.54) is 11.6 Å². The first-order chi connectivity index (χ1) is 10.2. The number of ether oxygens (including phenoxy) is 1. The van der Waals surface area contributed by atoms with Crippen molar-refractivity contribution >= 4 is 11.8 Å². The van der Waals surface area contributed by atoms with Crippen molar-refractivity contribution < 1.29 is 9.13 Å². The lowest BCUT2D eigenvalue weighted by molar-refractivity contribution is 0.199. The quantitative estimate of drug-likeness (QED) is 0.781. The van der Waals surface area contributed by atoms with E-state index in [1.807, 2.05) is 18.2 Å². The maximum absolute atomic E-state index is 14.1. The van der Waals surface area contributed by atoms with Crippen LogP contribution >= 0.6 is 11.8 Å². The second-order valence-electron chi connectivity index (χ2n) is 4.80. The van der Waals surface area contributed by atoms with E-state index in [2.05, 4.69) is 24.4 Å². The molecular formula is C17H20FNOS. The zero-order chi connectivity index (χ0) is 15.1. The van der Waals surface area contributed by atoms with Crippen molar-refractivity contribution in [3.8, 4) is 0 Å². The minimum absolute atomic E-state index is 0.169. The first-order valence-corrected chi connectivity index (χ1v) is 7.74. The van der Waals surface area contributed by atoms with Crippen LogP contribution in [-0.4, -0.2) is 20.3 Å². The highest BCUT2D eigenvalue weighted by Crippen LogP contribution is 2.32. The molecule has 0 aliphatic rings. The van der Waals surface area contributed by atoms with E-state index in [0.717, 1.165) is 9.79 Å². The molecule has 0 spiro atoms. The molecule has 0 fully saturated rings. The number of benzene rings is 2. The van der Waals surface area contributed by atoms with Crippen LogP contribution in [0.25, 0.3) is 0 Å². The van der Waals surface area contributed by atoms with Gasteiger partial charge in [0.2, 0.25) is 0 Å². The topological polar surface area (TPSA) is 21.3 Å². The smallest absolute Gasteiger partial charge is 0.128 e. The normalized spacial score (nSPS) is 10.8. The van der Waals surface area contributed by atoms with Crippen molar-refractivity contribution in [3.63, 3.8) is 0 Å². The summed E-state index contributed by atoms with van der Waals surface area (Å²) in [5, 5.41) is 3.20. The van der Waals surface area contributed by atoms with Crippen LogP contribution in [0.2, 0.25) is 0 Å². The molecule has 0 unspecified atom stereocenters. The maximum atomic E-state index is 14.1. The molecule has 0 bridgehead atoms. The lowest BCUT2D eigenvalue weighted by Crippen LogP contribution is -2.19. The minimum Gasteiger partial charge on any atom is -0.383 e. The van der Waals surface area contributed by atoms with Gasteiger partial charge in [-0.15, -0.1) is 0 Å². The molecule has 0 saturated carbocycles. The Morgan fingerprint density at radius 3 is 2.76 bits per heavy atom. The van der Waals surface area contributed by atoms with E-state index in [1.54, 1.807) is 24.9 Å². The van der Waals surface area contributed by atoms with Gasteiger partial charge in [-0.3, -0.25) is 0 Å². The Morgan fingerprint density at radius 1 is 1.19 bits per heavy atom. The van der Waals surface area contributed by atoms with E-state index in [9.17, 15) is 4.39 Å². The average molecular weight is 305 g/mol. The summed E-state index contributed by atoms with van der Waals surface area (Å²) in [6.07, 6.45) is 0. The first kappa shape index (κ1) is 16.0. The van der Waals surface area contributed by atoms with Crippen LogP contribution in [0.4, 0.5) is 4.39 Å². The van der Waals surface area contributed by atoms with Crippen molar-refractivity contribution in [2.24, 2.45) is 0 Å². The van der Waals surface area contributed by atoms with Gasteiger partial charge in [0.05, 0.1) is 6.61 Å². The number of hydrogen-bond acceptors (Lipinski definition) is 3. The predicted molar refractivity (Wildman–Crippen MR) is 85.3 cm³/mol. The van der Waals surface area contributed by atoms with Gasteiger partial charge in [-0.25, -0.2) is 4.39 Å². The number of hydrogen-bond donors (Lipinski definition) is 1. The molecule has 2 aromatic carbocycles. The van der Waals surface area contributed by atoms with Crippen LogP contribution in [0.3, 0.4) is 0 Å². The lowest BCUT2D eigenvalue weighted by Gasteiger charge is -2.11. The third kappa shape index (κ3) is 4.84. The van der Waals surface area contributed by atoms with Crippen LogP contribution in [0.15, 0.2) is 52.3 Å². The highest BCUT2D eigenvalue weighted by Gasteiger charge is 2.09. The van der Waals surface area contributed by atoms with E-state index in [4.69, 9.17) is 4.74 Å². The maximum Gasteiger partial charge on any atom is 0.128 e. The molecule has 0 aliphatic carbocycles. The SMILES string of the molecule is COCCNCc1c(F)cccc1Sc1cccc(C)c1. The molecule has 4 heteroatoms. The summed E-state index contributed by atoms with van der Waals surface area (Å²) in [5.41, 5.74) is 1.91. The number of halogens is 1. The van der Waals surface area contributed by atoms with Gasteiger partial charge in [0.25, 0.3) is 0 Å². The van der Waals surface area contributed by atoms with Crippen molar-refractivity contribution in [1.29, 1.82) is 0 Å². The monoisotopic (exact) mass is 305 g/mol. The average Bonchev–Trinajstić information content (AvgIpc) is 2.46. The second kappa shape index (κ2) is 8.17. The summed E-state index contributed by atoms with van der Waals surface area (Å²) in [6, 6.07) is 13.5. The number of methoxy groups -OCH3 is 1. The fourth-order valence-corrected chi connectivity index (χ4v) is 3.08. The van der Waals surface area contributed by atoms with Gasteiger partial charge >= 0.3 is 0 Å². The predicted octanol–water partition coefficient (Wildman–Crippen LogP) is 4.02. The van der Waals surface area contributed by atoms with Crippen molar-refractivity contribution in [1.82, 2.24) is 5.32 Å². The van der Waals surface area contributed by atoms with E-state index in [0.29, 0.717) is 25.3 Å². The molecule has 2 nitrogen and oxygen atoms in total. The van der Waals surface area contributed by atoms with Gasteiger partial charge in [-0.2, -0.15) is 0 Å². The Morgan fingerprint density at radius 2 is 2.00 bits per heavy atom. The molecule has 112 valence electrons. The van der Waals surface area contributed by atoms with Gasteiger partial charge in [-0.05, 0) is 31.2 Å². The minimum atomic E-state index is -0.169. The summed E-state index contributed by atoms with van der Waals surface area (Å²) in [4.78, 5) is 2.07. The summed E-state index contributed by atoms with van der Waals surface area (Å²) >= 11 is 1.60. The van der Waals surface area contributed by atoms with Crippen LogP contribution in [0, 0.1) is 12.7 Å². The standard InChI is InChI=1S/C17H20FNOS/c1-13-5-3-6-14(11-13)21-17-8-4-7-16(18)15(17)12-19-9-10-20-2/h3-8,11,19H,9-10,12H2,1-2H3. The number of aryl methyl sites for hydroxylation is 1. The fraction of sp³-hybridized carbons (Fsp3) is 0.294. The molecule has 1 N–H and O–H groups in total. The second-order valence-corrected chi connectivity index (χ2v) is 5.92. The van der Waals surface area contributed by atoms with E-state index >= 15 is 0 Å². The Kier molecular flexibility index (Phi) is 6.23. The zero-order valence-corrected chi connectivity index (χ0v) is 13.2. The van der Waals surface area contributed by atoms with Crippen molar-refractivity contribution in [2.45, 2.75) is 23.3 Å². The summed E-state index contributed by atoms with van der Waals surface area (Å²) in [6.45, 7) is 3.89. The summed E-state index contributed by atoms with van der Waals surface area (Å²) in [7, 11) is 1.66. The lowest BCUT2D eigenvalue weighted by atomic mass is 10.2. The number of rotatable bonds is 7. The molecule has 0 radical (unpaired) electrons. The third-order valence-electron chi connectivity index (χ3n) is 3.08. The Hall–Kier alpha value is -1.36. The molecular weight excluding hydrogens is 285 g/mol.